The zero-order valence-corrected chi connectivity index (χ0v) is 14.1. The van der Waals surface area contributed by atoms with Gasteiger partial charge in [-0.2, -0.15) is 0 Å². The predicted molar refractivity (Wildman–Crippen MR) is 87.8 cm³/mol. The van der Waals surface area contributed by atoms with Gasteiger partial charge >= 0.3 is 0 Å². The van der Waals surface area contributed by atoms with Gasteiger partial charge in [0, 0.05) is 32.7 Å². The van der Waals surface area contributed by atoms with Crippen molar-refractivity contribution in [3.8, 4) is 5.75 Å². The molecule has 2 fully saturated rings. The summed E-state index contributed by atoms with van der Waals surface area (Å²) in [5.74, 6) is 0.303. The van der Waals surface area contributed by atoms with Gasteiger partial charge < -0.3 is 24.6 Å². The van der Waals surface area contributed by atoms with E-state index in [1.54, 1.807) is 13.2 Å². The number of methoxy groups -OCH3 is 1. The summed E-state index contributed by atoms with van der Waals surface area (Å²) in [7, 11) is 1.56. The summed E-state index contributed by atoms with van der Waals surface area (Å²) in [4.78, 5) is 0. The molecule has 2 aliphatic heterocycles. The van der Waals surface area contributed by atoms with Crippen LogP contribution < -0.4 is 10.1 Å². The molecule has 1 aromatic rings. The Hall–Kier alpha value is -1.21. The van der Waals surface area contributed by atoms with Crippen LogP contribution in [-0.2, 0) is 15.9 Å². The minimum atomic E-state index is -1.09. The van der Waals surface area contributed by atoms with Crippen LogP contribution in [0.4, 0.5) is 4.39 Å². The number of benzene rings is 1. The van der Waals surface area contributed by atoms with Crippen molar-refractivity contribution in [2.75, 3.05) is 40.0 Å². The Morgan fingerprint density at radius 1 is 1.33 bits per heavy atom. The minimum Gasteiger partial charge on any atom is -0.496 e. The van der Waals surface area contributed by atoms with Crippen LogP contribution in [-0.4, -0.2) is 56.8 Å². The first-order valence-corrected chi connectivity index (χ1v) is 8.58. The summed E-state index contributed by atoms with van der Waals surface area (Å²) in [6, 6.07) is 4.42. The van der Waals surface area contributed by atoms with E-state index in [-0.39, 0.29) is 17.8 Å². The highest BCUT2D eigenvalue weighted by atomic mass is 19.1. The first-order valence-electron chi connectivity index (χ1n) is 8.58. The smallest absolute Gasteiger partial charge is 0.123 e. The van der Waals surface area contributed by atoms with Crippen molar-refractivity contribution < 1.29 is 23.7 Å². The summed E-state index contributed by atoms with van der Waals surface area (Å²) in [5.41, 5.74) is -0.418. The van der Waals surface area contributed by atoms with E-state index >= 15 is 0 Å². The van der Waals surface area contributed by atoms with Crippen molar-refractivity contribution in [2.24, 2.45) is 5.92 Å². The molecule has 0 aliphatic carbocycles. The maximum atomic E-state index is 13.7. The van der Waals surface area contributed by atoms with Crippen LogP contribution in [0.1, 0.15) is 18.4 Å². The van der Waals surface area contributed by atoms with Crippen molar-refractivity contribution in [3.63, 3.8) is 0 Å². The third kappa shape index (κ3) is 3.72. The number of nitrogens with one attached hydrogen (secondary N) is 1. The minimum absolute atomic E-state index is 0.0455. The van der Waals surface area contributed by atoms with Crippen molar-refractivity contribution in [3.05, 3.63) is 29.6 Å². The SMILES string of the molecule is COc1ccc(F)cc1C[C@](O)(C1CCOCC1)C1CNCCO1. The van der Waals surface area contributed by atoms with Crippen molar-refractivity contribution in [1.29, 1.82) is 0 Å². The van der Waals surface area contributed by atoms with E-state index in [0.717, 1.165) is 19.4 Å². The number of hydrogen-bond donors (Lipinski definition) is 2. The van der Waals surface area contributed by atoms with Gasteiger partial charge in [0.05, 0.1) is 25.4 Å². The molecule has 6 heteroatoms. The van der Waals surface area contributed by atoms with E-state index in [2.05, 4.69) is 5.32 Å². The maximum absolute atomic E-state index is 13.7. The van der Waals surface area contributed by atoms with Gasteiger partial charge in [-0.05, 0) is 42.5 Å². The first-order chi connectivity index (χ1) is 11.6. The molecule has 0 saturated carbocycles. The Labute approximate surface area is 142 Å². The van der Waals surface area contributed by atoms with Gasteiger partial charge in [0.2, 0.25) is 0 Å². The van der Waals surface area contributed by atoms with Crippen molar-refractivity contribution in [1.82, 2.24) is 5.32 Å². The molecular formula is C18H26FNO4. The molecule has 2 N–H and O–H groups in total. The third-order valence-electron chi connectivity index (χ3n) is 5.13. The Bertz CT molecular complexity index is 524. The Balaban J connectivity index is 1.90. The van der Waals surface area contributed by atoms with E-state index in [1.807, 2.05) is 0 Å². The largest absolute Gasteiger partial charge is 0.496 e. The number of hydrogen-bond acceptors (Lipinski definition) is 5. The van der Waals surface area contributed by atoms with Crippen LogP contribution in [0.2, 0.25) is 0 Å². The lowest BCUT2D eigenvalue weighted by Crippen LogP contribution is -2.59. The van der Waals surface area contributed by atoms with Crippen molar-refractivity contribution >= 4 is 0 Å². The summed E-state index contributed by atoms with van der Waals surface area (Å²) in [6.07, 6.45) is 1.51. The molecule has 2 aliphatic rings. The Morgan fingerprint density at radius 2 is 2.12 bits per heavy atom. The molecule has 1 unspecified atom stereocenters. The number of morpholine rings is 1. The number of aliphatic hydroxyl groups is 1. The molecule has 3 rings (SSSR count). The molecule has 0 aromatic heterocycles. The van der Waals surface area contributed by atoms with Gasteiger partial charge in [-0.15, -0.1) is 0 Å². The fourth-order valence-electron chi connectivity index (χ4n) is 3.80. The van der Waals surface area contributed by atoms with Gasteiger partial charge in [-0.1, -0.05) is 0 Å². The molecule has 5 nitrogen and oxygen atoms in total. The summed E-state index contributed by atoms with van der Waals surface area (Å²) >= 11 is 0. The molecule has 134 valence electrons. The monoisotopic (exact) mass is 339 g/mol. The normalized spacial score (nSPS) is 25.2. The molecule has 2 heterocycles. The summed E-state index contributed by atoms with van der Waals surface area (Å²) in [5, 5.41) is 14.9. The van der Waals surface area contributed by atoms with E-state index in [1.165, 1.54) is 12.1 Å². The highest BCUT2D eigenvalue weighted by Crippen LogP contribution is 2.37. The average Bonchev–Trinajstić information content (AvgIpc) is 2.63. The molecular weight excluding hydrogens is 313 g/mol. The maximum Gasteiger partial charge on any atom is 0.123 e. The van der Waals surface area contributed by atoms with E-state index in [0.29, 0.717) is 44.1 Å². The van der Waals surface area contributed by atoms with E-state index < -0.39 is 5.60 Å². The zero-order chi connectivity index (χ0) is 17.0. The number of ether oxygens (including phenoxy) is 3. The van der Waals surface area contributed by atoms with Crippen LogP contribution in [0.5, 0.6) is 5.75 Å². The topological polar surface area (TPSA) is 60.0 Å². The molecule has 0 radical (unpaired) electrons. The number of halogens is 1. The molecule has 0 spiro atoms. The highest BCUT2D eigenvalue weighted by molar-refractivity contribution is 5.35. The second kappa shape index (κ2) is 7.78. The molecule has 0 bridgehead atoms. The predicted octanol–water partition coefficient (Wildman–Crippen LogP) is 1.52. The standard InChI is InChI=1S/C18H26FNO4/c1-22-16-3-2-15(19)10-13(16)11-18(21,14-4-7-23-8-5-14)17-12-20-6-9-24-17/h2-3,10,14,17,20-21H,4-9,11-12H2,1H3/t17?,18-/m0/s1. The van der Waals surface area contributed by atoms with Gasteiger partial charge in [-0.3, -0.25) is 0 Å². The average molecular weight is 339 g/mol. The molecule has 2 saturated heterocycles. The Morgan fingerprint density at radius 3 is 2.79 bits per heavy atom. The van der Waals surface area contributed by atoms with Crippen molar-refractivity contribution in [2.45, 2.75) is 31.0 Å². The molecule has 0 amide bonds. The van der Waals surface area contributed by atoms with Gasteiger partial charge in [0.15, 0.2) is 0 Å². The molecule has 1 aromatic carbocycles. The van der Waals surface area contributed by atoms with Crippen LogP contribution >= 0.6 is 0 Å². The van der Waals surface area contributed by atoms with Gasteiger partial charge in [0.25, 0.3) is 0 Å². The quantitative estimate of drug-likeness (QED) is 0.852. The third-order valence-corrected chi connectivity index (χ3v) is 5.13. The van der Waals surface area contributed by atoms with Crippen LogP contribution in [0.15, 0.2) is 18.2 Å². The summed E-state index contributed by atoms with van der Waals surface area (Å²) < 4.78 is 30.4. The fraction of sp³-hybridized carbons (Fsp3) is 0.667. The van der Waals surface area contributed by atoms with E-state index in [4.69, 9.17) is 14.2 Å². The fourth-order valence-corrected chi connectivity index (χ4v) is 3.80. The summed E-state index contributed by atoms with van der Waals surface area (Å²) in [6.45, 7) is 3.20. The molecule has 2 atom stereocenters. The van der Waals surface area contributed by atoms with Gasteiger partial charge in [-0.25, -0.2) is 4.39 Å². The second-order valence-electron chi connectivity index (χ2n) is 6.57. The lowest BCUT2D eigenvalue weighted by Gasteiger charge is -2.45. The second-order valence-corrected chi connectivity index (χ2v) is 6.57. The van der Waals surface area contributed by atoms with Crippen LogP contribution in [0.3, 0.4) is 0 Å². The van der Waals surface area contributed by atoms with Gasteiger partial charge in [0.1, 0.15) is 11.6 Å². The first kappa shape index (κ1) is 17.6. The highest BCUT2D eigenvalue weighted by Gasteiger charge is 2.46. The lowest BCUT2D eigenvalue weighted by atomic mass is 9.74. The van der Waals surface area contributed by atoms with E-state index in [9.17, 15) is 9.50 Å². The van der Waals surface area contributed by atoms with Crippen LogP contribution in [0, 0.1) is 11.7 Å². The zero-order valence-electron chi connectivity index (χ0n) is 14.1. The Kier molecular flexibility index (Phi) is 5.71. The van der Waals surface area contributed by atoms with Crippen LogP contribution in [0.25, 0.3) is 0 Å². The molecule has 24 heavy (non-hydrogen) atoms. The lowest BCUT2D eigenvalue weighted by molar-refractivity contribution is -0.163. The number of rotatable bonds is 5.